The molecule has 0 aliphatic rings. The number of nitrogens with one attached hydrogen (secondary N) is 2. The van der Waals surface area contributed by atoms with Gasteiger partial charge in [0.1, 0.15) is 0 Å². The van der Waals surface area contributed by atoms with E-state index in [1.165, 1.54) is 12.5 Å². The fourth-order valence-electron chi connectivity index (χ4n) is 1.89. The van der Waals surface area contributed by atoms with E-state index in [2.05, 4.69) is 19.7 Å². The van der Waals surface area contributed by atoms with Gasteiger partial charge in [-0.05, 0) is 11.6 Å². The van der Waals surface area contributed by atoms with E-state index in [9.17, 15) is 8.42 Å². The first kappa shape index (κ1) is 12.6. The summed E-state index contributed by atoms with van der Waals surface area (Å²) < 4.78 is 26.7. The number of anilines is 1. The number of pyridine rings is 1. The van der Waals surface area contributed by atoms with Gasteiger partial charge < -0.3 is 4.98 Å². The Balaban J connectivity index is 1.82. The molecule has 2 heterocycles. The number of sulfonamides is 1. The Morgan fingerprint density at radius 3 is 2.75 bits per heavy atom. The molecule has 0 amide bonds. The zero-order valence-corrected chi connectivity index (χ0v) is 11.3. The smallest absolute Gasteiger partial charge is 0.236 e. The van der Waals surface area contributed by atoms with Gasteiger partial charge in [-0.15, -0.1) is 0 Å². The quantitative estimate of drug-likeness (QED) is 0.767. The van der Waals surface area contributed by atoms with Crippen LogP contribution >= 0.6 is 0 Å². The highest BCUT2D eigenvalue weighted by Gasteiger charge is 2.12. The van der Waals surface area contributed by atoms with E-state index < -0.39 is 10.0 Å². The van der Waals surface area contributed by atoms with Gasteiger partial charge in [0, 0.05) is 0 Å². The van der Waals surface area contributed by atoms with E-state index in [1.54, 1.807) is 18.2 Å². The second-order valence-electron chi connectivity index (χ2n) is 4.34. The summed E-state index contributed by atoms with van der Waals surface area (Å²) in [5, 5.41) is 0. The highest BCUT2D eigenvalue weighted by atomic mass is 32.2. The SMILES string of the molecule is O=S(=O)(Cc1ccccc1)Nc1cnc2nc[nH]c2c1. The first-order valence-corrected chi connectivity index (χ1v) is 7.61. The third-order valence-corrected chi connectivity index (χ3v) is 4.01. The predicted molar refractivity (Wildman–Crippen MR) is 76.6 cm³/mol. The molecule has 0 atom stereocenters. The van der Waals surface area contributed by atoms with Crippen LogP contribution in [0.25, 0.3) is 11.2 Å². The molecule has 0 aliphatic carbocycles. The monoisotopic (exact) mass is 288 g/mol. The lowest BCUT2D eigenvalue weighted by Crippen LogP contribution is -2.15. The molecule has 2 aromatic heterocycles. The Morgan fingerprint density at radius 1 is 1.15 bits per heavy atom. The molecule has 0 saturated carbocycles. The maximum absolute atomic E-state index is 12.1. The zero-order valence-electron chi connectivity index (χ0n) is 10.4. The molecule has 20 heavy (non-hydrogen) atoms. The number of aromatic nitrogens is 3. The largest absolute Gasteiger partial charge is 0.343 e. The number of hydrogen-bond acceptors (Lipinski definition) is 4. The molecule has 0 spiro atoms. The summed E-state index contributed by atoms with van der Waals surface area (Å²) in [7, 11) is -3.46. The third-order valence-electron chi connectivity index (χ3n) is 2.75. The molecule has 1 aromatic carbocycles. The van der Waals surface area contributed by atoms with E-state index >= 15 is 0 Å². The van der Waals surface area contributed by atoms with E-state index in [4.69, 9.17) is 0 Å². The molecule has 7 heteroatoms. The third kappa shape index (κ3) is 2.77. The van der Waals surface area contributed by atoms with Gasteiger partial charge in [-0.3, -0.25) is 4.72 Å². The zero-order chi connectivity index (χ0) is 14.0. The van der Waals surface area contributed by atoms with Gasteiger partial charge in [-0.2, -0.15) is 0 Å². The maximum atomic E-state index is 12.1. The minimum atomic E-state index is -3.46. The van der Waals surface area contributed by atoms with Crippen molar-refractivity contribution in [3.8, 4) is 0 Å². The van der Waals surface area contributed by atoms with Crippen LogP contribution in [-0.4, -0.2) is 23.4 Å². The number of benzene rings is 1. The van der Waals surface area contributed by atoms with Crippen LogP contribution in [0.3, 0.4) is 0 Å². The highest BCUT2D eigenvalue weighted by molar-refractivity contribution is 7.91. The molecular formula is C13H12N4O2S. The molecule has 102 valence electrons. The molecule has 3 rings (SSSR count). The van der Waals surface area contributed by atoms with Crippen LogP contribution in [0, 0.1) is 0 Å². The molecule has 0 saturated heterocycles. The van der Waals surface area contributed by atoms with Crippen LogP contribution in [0.2, 0.25) is 0 Å². The van der Waals surface area contributed by atoms with E-state index in [1.807, 2.05) is 18.2 Å². The Kier molecular flexibility index (Phi) is 3.11. The average Bonchev–Trinajstić information content (AvgIpc) is 2.86. The molecule has 0 radical (unpaired) electrons. The van der Waals surface area contributed by atoms with Crippen molar-refractivity contribution in [3.05, 3.63) is 54.5 Å². The number of nitrogens with zero attached hydrogens (tertiary/aromatic N) is 2. The number of H-pyrrole nitrogens is 1. The molecule has 0 unspecified atom stereocenters. The lowest BCUT2D eigenvalue weighted by molar-refractivity contribution is 0.600. The van der Waals surface area contributed by atoms with Gasteiger partial charge in [0.15, 0.2) is 5.65 Å². The Bertz CT molecular complexity index is 828. The van der Waals surface area contributed by atoms with Crippen LogP contribution in [0.15, 0.2) is 48.9 Å². The van der Waals surface area contributed by atoms with E-state index in [0.29, 0.717) is 16.9 Å². The summed E-state index contributed by atoms with van der Waals surface area (Å²) >= 11 is 0. The van der Waals surface area contributed by atoms with Gasteiger partial charge in [0.05, 0.1) is 29.5 Å². The fraction of sp³-hybridized carbons (Fsp3) is 0.0769. The van der Waals surface area contributed by atoms with E-state index in [0.717, 1.165) is 5.56 Å². The highest BCUT2D eigenvalue weighted by Crippen LogP contribution is 2.15. The van der Waals surface area contributed by atoms with Crippen molar-refractivity contribution in [1.29, 1.82) is 0 Å². The number of imidazole rings is 1. The molecule has 6 nitrogen and oxygen atoms in total. The summed E-state index contributed by atoms with van der Waals surface area (Å²) in [6, 6.07) is 10.7. The normalized spacial score (nSPS) is 11.6. The van der Waals surface area contributed by atoms with Crippen molar-refractivity contribution in [3.63, 3.8) is 0 Å². The summed E-state index contributed by atoms with van der Waals surface area (Å²) in [6.07, 6.45) is 2.96. The number of aromatic amines is 1. The van der Waals surface area contributed by atoms with Crippen LogP contribution in [0.4, 0.5) is 5.69 Å². The average molecular weight is 288 g/mol. The minimum absolute atomic E-state index is 0.0746. The van der Waals surface area contributed by atoms with Crippen LogP contribution < -0.4 is 4.72 Å². The summed E-state index contributed by atoms with van der Waals surface area (Å²) in [4.78, 5) is 10.9. The first-order valence-electron chi connectivity index (χ1n) is 5.96. The van der Waals surface area contributed by atoms with Crippen LogP contribution in [0.5, 0.6) is 0 Å². The standard InChI is InChI=1S/C13H12N4O2S/c18-20(19,8-10-4-2-1-3-5-10)17-11-6-12-13(14-7-11)16-9-15-12/h1-7,9,17H,8H2,(H,14,15,16). The van der Waals surface area contributed by atoms with Gasteiger partial charge in [-0.25, -0.2) is 18.4 Å². The maximum Gasteiger partial charge on any atom is 0.236 e. The summed E-state index contributed by atoms with van der Waals surface area (Å²) in [5.41, 5.74) is 2.38. The van der Waals surface area contributed by atoms with Crippen molar-refractivity contribution in [2.24, 2.45) is 0 Å². The van der Waals surface area contributed by atoms with E-state index in [-0.39, 0.29) is 5.75 Å². The van der Waals surface area contributed by atoms with Crippen molar-refractivity contribution >= 4 is 26.9 Å². The predicted octanol–water partition coefficient (Wildman–Crippen LogP) is 1.90. The van der Waals surface area contributed by atoms with Gasteiger partial charge in [-0.1, -0.05) is 30.3 Å². The lowest BCUT2D eigenvalue weighted by atomic mass is 10.2. The molecule has 0 bridgehead atoms. The fourth-order valence-corrected chi connectivity index (χ4v) is 3.07. The van der Waals surface area contributed by atoms with Crippen LogP contribution in [-0.2, 0) is 15.8 Å². The Morgan fingerprint density at radius 2 is 1.95 bits per heavy atom. The second kappa shape index (κ2) is 4.93. The number of fused-ring (bicyclic) bond motifs is 1. The first-order chi connectivity index (χ1) is 9.62. The summed E-state index contributed by atoms with van der Waals surface area (Å²) in [5.74, 6) is -0.0746. The van der Waals surface area contributed by atoms with Gasteiger partial charge >= 0.3 is 0 Å². The van der Waals surface area contributed by atoms with Crippen molar-refractivity contribution in [2.45, 2.75) is 5.75 Å². The van der Waals surface area contributed by atoms with Crippen molar-refractivity contribution < 1.29 is 8.42 Å². The lowest BCUT2D eigenvalue weighted by Gasteiger charge is -2.07. The minimum Gasteiger partial charge on any atom is -0.343 e. The topological polar surface area (TPSA) is 87.7 Å². The molecule has 0 fully saturated rings. The Hall–Kier alpha value is -2.41. The van der Waals surface area contributed by atoms with Gasteiger partial charge in [0.25, 0.3) is 0 Å². The second-order valence-corrected chi connectivity index (χ2v) is 6.07. The molecule has 2 N–H and O–H groups in total. The summed E-state index contributed by atoms with van der Waals surface area (Å²) in [6.45, 7) is 0. The number of rotatable bonds is 4. The van der Waals surface area contributed by atoms with Crippen LogP contribution in [0.1, 0.15) is 5.56 Å². The van der Waals surface area contributed by atoms with Crippen molar-refractivity contribution in [2.75, 3.05) is 4.72 Å². The molecular weight excluding hydrogens is 276 g/mol. The number of hydrogen-bond donors (Lipinski definition) is 2. The Labute approximate surface area is 115 Å². The molecule has 3 aromatic rings. The van der Waals surface area contributed by atoms with Crippen molar-refractivity contribution in [1.82, 2.24) is 15.0 Å². The van der Waals surface area contributed by atoms with Gasteiger partial charge in [0.2, 0.25) is 10.0 Å². The molecule has 0 aliphatic heterocycles.